The van der Waals surface area contributed by atoms with E-state index < -0.39 is 0 Å². The first-order valence-corrected chi connectivity index (χ1v) is 7.31. The van der Waals surface area contributed by atoms with Crippen LogP contribution in [0.1, 0.15) is 43.4 Å². The first-order valence-electron chi connectivity index (χ1n) is 7.31. The van der Waals surface area contributed by atoms with E-state index in [1.807, 2.05) is 0 Å². The predicted octanol–water partition coefficient (Wildman–Crippen LogP) is 3.08. The summed E-state index contributed by atoms with van der Waals surface area (Å²) in [5, 5.41) is 3.66. The highest BCUT2D eigenvalue weighted by molar-refractivity contribution is 5.36. The predicted molar refractivity (Wildman–Crippen MR) is 73.6 cm³/mol. The standard InChI is InChI=1S/C16H23NO/c1-2-9-17-16-14-6-4-3-5-13(14)10-15(16)18-11-12-7-8-12/h3-6,12,15-17H,2,7-11H2,1H3. The molecule has 1 N–H and O–H groups in total. The van der Waals surface area contributed by atoms with Crippen LogP contribution >= 0.6 is 0 Å². The Bertz CT molecular complexity index is 400. The van der Waals surface area contributed by atoms with Crippen LogP contribution in [0.25, 0.3) is 0 Å². The van der Waals surface area contributed by atoms with Gasteiger partial charge in [0.2, 0.25) is 0 Å². The highest BCUT2D eigenvalue weighted by Gasteiger charge is 2.33. The van der Waals surface area contributed by atoms with Crippen molar-refractivity contribution in [1.29, 1.82) is 0 Å². The smallest absolute Gasteiger partial charge is 0.0810 e. The molecular weight excluding hydrogens is 222 g/mol. The molecule has 18 heavy (non-hydrogen) atoms. The fraction of sp³-hybridized carbons (Fsp3) is 0.625. The average Bonchev–Trinajstić information content (AvgIpc) is 3.16. The van der Waals surface area contributed by atoms with E-state index in [-0.39, 0.29) is 0 Å². The van der Waals surface area contributed by atoms with Gasteiger partial charge < -0.3 is 10.1 Å². The van der Waals surface area contributed by atoms with Crippen molar-refractivity contribution in [1.82, 2.24) is 5.32 Å². The second-order valence-electron chi connectivity index (χ2n) is 5.65. The van der Waals surface area contributed by atoms with Gasteiger partial charge in [-0.2, -0.15) is 0 Å². The second-order valence-corrected chi connectivity index (χ2v) is 5.65. The molecule has 2 atom stereocenters. The lowest BCUT2D eigenvalue weighted by Crippen LogP contribution is -2.31. The van der Waals surface area contributed by atoms with E-state index in [0.29, 0.717) is 12.1 Å². The van der Waals surface area contributed by atoms with Gasteiger partial charge in [0, 0.05) is 13.0 Å². The van der Waals surface area contributed by atoms with Crippen LogP contribution in [-0.4, -0.2) is 19.3 Å². The lowest BCUT2D eigenvalue weighted by molar-refractivity contribution is 0.0282. The molecule has 1 fully saturated rings. The SMILES string of the molecule is CCCNC1c2ccccc2CC1OCC1CC1. The summed E-state index contributed by atoms with van der Waals surface area (Å²) >= 11 is 0. The molecule has 2 aliphatic rings. The first kappa shape index (κ1) is 12.2. The second kappa shape index (κ2) is 5.41. The van der Waals surface area contributed by atoms with Crippen molar-refractivity contribution in [2.45, 2.75) is 44.8 Å². The molecule has 3 rings (SSSR count). The molecule has 0 heterocycles. The molecule has 2 heteroatoms. The monoisotopic (exact) mass is 245 g/mol. The molecule has 0 aliphatic heterocycles. The molecule has 1 aromatic rings. The zero-order chi connectivity index (χ0) is 12.4. The summed E-state index contributed by atoms with van der Waals surface area (Å²) in [6.07, 6.45) is 5.33. The average molecular weight is 245 g/mol. The third-order valence-electron chi connectivity index (χ3n) is 4.04. The Labute approximate surface area is 110 Å². The van der Waals surface area contributed by atoms with Crippen molar-refractivity contribution in [3.05, 3.63) is 35.4 Å². The van der Waals surface area contributed by atoms with Crippen LogP contribution in [0.3, 0.4) is 0 Å². The summed E-state index contributed by atoms with van der Waals surface area (Å²) in [5.74, 6) is 0.848. The van der Waals surface area contributed by atoms with Crippen LogP contribution in [0.4, 0.5) is 0 Å². The van der Waals surface area contributed by atoms with Crippen LogP contribution in [0, 0.1) is 5.92 Å². The van der Waals surface area contributed by atoms with Gasteiger partial charge in [0.05, 0.1) is 12.1 Å². The number of hydrogen-bond acceptors (Lipinski definition) is 2. The van der Waals surface area contributed by atoms with Gasteiger partial charge in [-0.1, -0.05) is 31.2 Å². The van der Waals surface area contributed by atoms with Gasteiger partial charge in [0.25, 0.3) is 0 Å². The number of ether oxygens (including phenoxy) is 1. The van der Waals surface area contributed by atoms with E-state index in [0.717, 1.165) is 25.5 Å². The minimum Gasteiger partial charge on any atom is -0.376 e. The Hall–Kier alpha value is -0.860. The van der Waals surface area contributed by atoms with Crippen molar-refractivity contribution in [2.24, 2.45) is 5.92 Å². The zero-order valence-electron chi connectivity index (χ0n) is 11.2. The van der Waals surface area contributed by atoms with Crippen LogP contribution in [0.5, 0.6) is 0 Å². The molecule has 2 unspecified atom stereocenters. The van der Waals surface area contributed by atoms with E-state index in [1.54, 1.807) is 0 Å². The van der Waals surface area contributed by atoms with E-state index in [1.165, 1.54) is 30.4 Å². The number of benzene rings is 1. The van der Waals surface area contributed by atoms with Gasteiger partial charge in [0.1, 0.15) is 0 Å². The van der Waals surface area contributed by atoms with Crippen LogP contribution < -0.4 is 5.32 Å². The molecule has 2 nitrogen and oxygen atoms in total. The maximum absolute atomic E-state index is 6.16. The van der Waals surface area contributed by atoms with Crippen molar-refractivity contribution >= 4 is 0 Å². The summed E-state index contributed by atoms with van der Waals surface area (Å²) in [7, 11) is 0. The number of rotatable bonds is 6. The van der Waals surface area contributed by atoms with E-state index in [4.69, 9.17) is 4.74 Å². The highest BCUT2D eigenvalue weighted by Crippen LogP contribution is 2.35. The van der Waals surface area contributed by atoms with Gasteiger partial charge in [0.15, 0.2) is 0 Å². The maximum atomic E-state index is 6.16. The Morgan fingerprint density at radius 3 is 2.89 bits per heavy atom. The fourth-order valence-corrected chi connectivity index (χ4v) is 2.80. The van der Waals surface area contributed by atoms with E-state index in [9.17, 15) is 0 Å². The molecule has 0 amide bonds. The number of fused-ring (bicyclic) bond motifs is 1. The Kier molecular flexibility index (Phi) is 3.67. The van der Waals surface area contributed by atoms with Crippen molar-refractivity contribution in [2.75, 3.05) is 13.2 Å². The van der Waals surface area contributed by atoms with E-state index >= 15 is 0 Å². The normalized spacial score (nSPS) is 26.3. The molecule has 98 valence electrons. The fourth-order valence-electron chi connectivity index (χ4n) is 2.80. The first-order chi connectivity index (χ1) is 8.88. The Morgan fingerprint density at radius 1 is 1.28 bits per heavy atom. The molecular formula is C16H23NO. The third kappa shape index (κ3) is 2.60. The Morgan fingerprint density at radius 2 is 2.11 bits per heavy atom. The Balaban J connectivity index is 1.69. The van der Waals surface area contributed by atoms with Crippen molar-refractivity contribution in [3.63, 3.8) is 0 Å². The van der Waals surface area contributed by atoms with Crippen LogP contribution in [0.2, 0.25) is 0 Å². The molecule has 2 aliphatic carbocycles. The minimum absolute atomic E-state index is 0.342. The quantitative estimate of drug-likeness (QED) is 0.831. The summed E-state index contributed by atoms with van der Waals surface area (Å²) in [5.41, 5.74) is 2.92. The van der Waals surface area contributed by atoms with E-state index in [2.05, 4.69) is 36.5 Å². The largest absolute Gasteiger partial charge is 0.376 e. The van der Waals surface area contributed by atoms with Gasteiger partial charge in [-0.25, -0.2) is 0 Å². The maximum Gasteiger partial charge on any atom is 0.0810 e. The molecule has 0 saturated heterocycles. The summed E-state index contributed by atoms with van der Waals surface area (Å²) < 4.78 is 6.16. The lowest BCUT2D eigenvalue weighted by Gasteiger charge is -2.22. The molecule has 1 aromatic carbocycles. The molecule has 0 spiro atoms. The molecule has 1 saturated carbocycles. The zero-order valence-corrected chi connectivity index (χ0v) is 11.2. The summed E-state index contributed by atoms with van der Waals surface area (Å²) in [6.45, 7) is 4.25. The van der Waals surface area contributed by atoms with Crippen molar-refractivity contribution < 1.29 is 4.74 Å². The lowest BCUT2D eigenvalue weighted by atomic mass is 10.1. The summed E-state index contributed by atoms with van der Waals surface area (Å²) in [4.78, 5) is 0. The molecule has 0 bridgehead atoms. The van der Waals surface area contributed by atoms with Gasteiger partial charge in [-0.05, 0) is 42.9 Å². The van der Waals surface area contributed by atoms with Crippen LogP contribution in [-0.2, 0) is 11.2 Å². The van der Waals surface area contributed by atoms with Gasteiger partial charge in [-0.3, -0.25) is 0 Å². The van der Waals surface area contributed by atoms with Gasteiger partial charge in [-0.15, -0.1) is 0 Å². The van der Waals surface area contributed by atoms with Gasteiger partial charge >= 0.3 is 0 Å². The number of hydrogen-bond donors (Lipinski definition) is 1. The molecule has 0 aromatic heterocycles. The van der Waals surface area contributed by atoms with Crippen molar-refractivity contribution in [3.8, 4) is 0 Å². The van der Waals surface area contributed by atoms with Crippen LogP contribution in [0.15, 0.2) is 24.3 Å². The summed E-state index contributed by atoms with van der Waals surface area (Å²) in [6, 6.07) is 9.18. The molecule has 0 radical (unpaired) electrons. The number of nitrogens with one attached hydrogen (secondary N) is 1. The highest BCUT2D eigenvalue weighted by atomic mass is 16.5. The topological polar surface area (TPSA) is 21.3 Å². The minimum atomic E-state index is 0.342. The third-order valence-corrected chi connectivity index (χ3v) is 4.04.